The lowest BCUT2D eigenvalue weighted by Crippen LogP contribution is -2.22. The van der Waals surface area contributed by atoms with Gasteiger partial charge in [-0.05, 0) is 36.4 Å². The minimum atomic E-state index is -4.10. The number of methoxy groups -OCH3 is 2. The average Bonchev–Trinajstić information content (AvgIpc) is 2.75. The van der Waals surface area contributed by atoms with E-state index in [1.807, 2.05) is 0 Å². The van der Waals surface area contributed by atoms with Crippen LogP contribution in [0.1, 0.15) is 31.1 Å². The van der Waals surface area contributed by atoms with Crippen LogP contribution in [0.2, 0.25) is 5.02 Å². The van der Waals surface area contributed by atoms with Gasteiger partial charge in [-0.1, -0.05) is 11.6 Å². The maximum Gasteiger partial charge on any atom is 0.340 e. The van der Waals surface area contributed by atoms with Gasteiger partial charge in [0.1, 0.15) is 0 Å². The van der Waals surface area contributed by atoms with Crippen molar-refractivity contribution in [1.82, 2.24) is 0 Å². The molecule has 0 radical (unpaired) electrons. The second-order valence-electron chi connectivity index (χ2n) is 6.09. The van der Waals surface area contributed by atoms with Gasteiger partial charge in [0.15, 0.2) is 6.61 Å². The topological polar surface area (TPSA) is 168 Å². The predicted molar refractivity (Wildman–Crippen MR) is 111 cm³/mol. The largest absolute Gasteiger partial charge is 0.465 e. The van der Waals surface area contributed by atoms with Crippen LogP contribution in [0.15, 0.2) is 41.3 Å². The normalized spacial score (nSPS) is 10.8. The number of anilines is 1. The molecule has 170 valence electrons. The van der Waals surface area contributed by atoms with Gasteiger partial charge < -0.3 is 19.5 Å². The number of nitrogens with one attached hydrogen (secondary N) is 1. The zero-order valence-corrected chi connectivity index (χ0v) is 18.3. The molecule has 0 aliphatic heterocycles. The molecule has 0 aliphatic rings. The average molecular weight is 485 g/mol. The van der Waals surface area contributed by atoms with Crippen molar-refractivity contribution in [1.29, 1.82) is 0 Å². The zero-order valence-electron chi connectivity index (χ0n) is 16.7. The number of hydrogen-bond donors (Lipinski definition) is 2. The van der Waals surface area contributed by atoms with Crippen molar-refractivity contribution in [2.24, 2.45) is 5.14 Å². The first-order valence-corrected chi connectivity index (χ1v) is 10.5. The van der Waals surface area contributed by atoms with E-state index in [9.17, 15) is 27.6 Å². The van der Waals surface area contributed by atoms with E-state index in [2.05, 4.69) is 14.8 Å². The van der Waals surface area contributed by atoms with E-state index < -0.39 is 40.4 Å². The molecule has 0 spiro atoms. The lowest BCUT2D eigenvalue weighted by atomic mass is 10.1. The van der Waals surface area contributed by atoms with Gasteiger partial charge in [-0.3, -0.25) is 4.79 Å². The Balaban J connectivity index is 2.15. The molecule has 0 bridgehead atoms. The summed E-state index contributed by atoms with van der Waals surface area (Å²) in [6, 6.07) is 6.86. The molecular weight excluding hydrogens is 468 g/mol. The van der Waals surface area contributed by atoms with Crippen molar-refractivity contribution < 1.29 is 41.8 Å². The number of ether oxygens (including phenoxy) is 3. The van der Waals surface area contributed by atoms with E-state index in [4.69, 9.17) is 21.5 Å². The minimum Gasteiger partial charge on any atom is -0.465 e. The summed E-state index contributed by atoms with van der Waals surface area (Å²) in [4.78, 5) is 47.6. The molecule has 0 atom stereocenters. The second kappa shape index (κ2) is 10.2. The minimum absolute atomic E-state index is 0.0311. The molecule has 2 aromatic rings. The molecule has 0 aliphatic carbocycles. The quantitative estimate of drug-likeness (QED) is 0.435. The van der Waals surface area contributed by atoms with Gasteiger partial charge in [0.25, 0.3) is 5.91 Å². The zero-order chi connectivity index (χ0) is 24.1. The fraction of sp³-hybridized carbons (Fsp3) is 0.158. The summed E-state index contributed by atoms with van der Waals surface area (Å²) < 4.78 is 36.9. The number of esters is 3. The summed E-state index contributed by atoms with van der Waals surface area (Å²) in [5.41, 5.74) is -0.348. The third-order valence-electron chi connectivity index (χ3n) is 3.88. The van der Waals surface area contributed by atoms with E-state index in [1.54, 1.807) is 0 Å². The van der Waals surface area contributed by atoms with Gasteiger partial charge in [0.2, 0.25) is 10.0 Å². The summed E-state index contributed by atoms with van der Waals surface area (Å²) in [6.07, 6.45) is 0. The lowest BCUT2D eigenvalue weighted by Gasteiger charge is -2.10. The van der Waals surface area contributed by atoms with Crippen LogP contribution in [0.25, 0.3) is 0 Å². The molecule has 0 unspecified atom stereocenters. The highest BCUT2D eigenvalue weighted by Crippen LogP contribution is 2.21. The van der Waals surface area contributed by atoms with Gasteiger partial charge in [-0.2, -0.15) is 0 Å². The maximum absolute atomic E-state index is 12.2. The van der Waals surface area contributed by atoms with Gasteiger partial charge >= 0.3 is 17.9 Å². The Hall–Kier alpha value is -3.48. The molecule has 2 rings (SSSR count). The molecule has 3 N–H and O–H groups in total. The van der Waals surface area contributed by atoms with Crippen molar-refractivity contribution in [3.63, 3.8) is 0 Å². The van der Waals surface area contributed by atoms with E-state index in [0.29, 0.717) is 0 Å². The van der Waals surface area contributed by atoms with E-state index >= 15 is 0 Å². The molecule has 0 heterocycles. The summed E-state index contributed by atoms with van der Waals surface area (Å²) in [7, 11) is -1.82. The van der Waals surface area contributed by atoms with Crippen LogP contribution in [0, 0.1) is 0 Å². The Bertz CT molecular complexity index is 1160. The highest BCUT2D eigenvalue weighted by Gasteiger charge is 2.19. The highest BCUT2D eigenvalue weighted by molar-refractivity contribution is 7.89. The van der Waals surface area contributed by atoms with Crippen LogP contribution in [-0.2, 0) is 29.0 Å². The number of amides is 1. The van der Waals surface area contributed by atoms with Gasteiger partial charge in [-0.15, -0.1) is 0 Å². The SMILES string of the molecule is COC(=O)c1cc(NC(=O)COC(=O)c2cc(S(N)(=O)=O)ccc2Cl)cc(C(=O)OC)c1. The van der Waals surface area contributed by atoms with Crippen LogP contribution in [-0.4, -0.2) is 53.1 Å². The molecule has 0 saturated heterocycles. The van der Waals surface area contributed by atoms with Crippen LogP contribution in [0.4, 0.5) is 5.69 Å². The number of primary sulfonamides is 1. The second-order valence-corrected chi connectivity index (χ2v) is 8.06. The first-order chi connectivity index (χ1) is 15.0. The molecule has 32 heavy (non-hydrogen) atoms. The van der Waals surface area contributed by atoms with Crippen molar-refractivity contribution >= 4 is 51.1 Å². The smallest absolute Gasteiger partial charge is 0.340 e. The molecule has 1 amide bonds. The number of carbonyl (C=O) groups is 4. The number of sulfonamides is 1. The van der Waals surface area contributed by atoms with E-state index in [0.717, 1.165) is 32.4 Å². The molecule has 2 aromatic carbocycles. The van der Waals surface area contributed by atoms with Gasteiger partial charge in [0, 0.05) is 5.69 Å². The van der Waals surface area contributed by atoms with Crippen LogP contribution in [0.5, 0.6) is 0 Å². The van der Waals surface area contributed by atoms with Crippen molar-refractivity contribution in [2.45, 2.75) is 4.90 Å². The fourth-order valence-electron chi connectivity index (χ4n) is 2.41. The Labute approximate surface area is 187 Å². The van der Waals surface area contributed by atoms with Gasteiger partial charge in [-0.25, -0.2) is 27.9 Å². The molecule has 0 fully saturated rings. The number of nitrogens with two attached hydrogens (primary N) is 1. The first-order valence-electron chi connectivity index (χ1n) is 8.57. The van der Waals surface area contributed by atoms with Crippen molar-refractivity contribution in [3.8, 4) is 0 Å². The van der Waals surface area contributed by atoms with E-state index in [-0.39, 0.29) is 32.3 Å². The molecule has 0 aromatic heterocycles. The fourth-order valence-corrected chi connectivity index (χ4v) is 3.15. The first kappa shape index (κ1) is 24.8. The Morgan fingerprint density at radius 3 is 2.00 bits per heavy atom. The number of hydrogen-bond acceptors (Lipinski definition) is 9. The molecule has 11 nitrogen and oxygen atoms in total. The third-order valence-corrected chi connectivity index (χ3v) is 5.12. The maximum atomic E-state index is 12.2. The summed E-state index contributed by atoms with van der Waals surface area (Å²) in [6.45, 7) is -0.787. The van der Waals surface area contributed by atoms with Crippen LogP contribution >= 0.6 is 11.6 Å². The third kappa shape index (κ3) is 6.26. The number of halogens is 1. The van der Waals surface area contributed by atoms with Crippen molar-refractivity contribution in [3.05, 3.63) is 58.1 Å². The predicted octanol–water partition coefficient (Wildman–Crippen LogP) is 1.36. The summed E-state index contributed by atoms with van der Waals surface area (Å²) in [5, 5.41) is 7.26. The molecule has 0 saturated carbocycles. The number of carbonyl (C=O) groups excluding carboxylic acids is 4. The van der Waals surface area contributed by atoms with Crippen molar-refractivity contribution in [2.75, 3.05) is 26.1 Å². The standard InChI is InChI=1S/C19H17ClN2O9S/c1-29-17(24)10-5-11(18(25)30-2)7-12(6-10)22-16(23)9-31-19(26)14-8-13(32(21,27)28)3-4-15(14)20/h3-8H,9H2,1-2H3,(H,22,23)(H2,21,27,28). The number of rotatable bonds is 7. The Morgan fingerprint density at radius 1 is 0.938 bits per heavy atom. The summed E-state index contributed by atoms with van der Waals surface area (Å²) >= 11 is 5.88. The van der Waals surface area contributed by atoms with Crippen LogP contribution < -0.4 is 10.5 Å². The Morgan fingerprint density at radius 2 is 1.50 bits per heavy atom. The monoisotopic (exact) mass is 484 g/mol. The summed E-state index contributed by atoms with van der Waals surface area (Å²) in [5.74, 6) is -3.42. The van der Waals surface area contributed by atoms with E-state index in [1.165, 1.54) is 18.2 Å². The lowest BCUT2D eigenvalue weighted by molar-refractivity contribution is -0.119. The molecule has 13 heteroatoms. The molecular formula is C19H17ClN2O9S. The van der Waals surface area contributed by atoms with Gasteiger partial charge in [0.05, 0.1) is 40.8 Å². The van der Waals surface area contributed by atoms with Crippen LogP contribution in [0.3, 0.4) is 0 Å². The number of benzene rings is 2. The highest BCUT2D eigenvalue weighted by atomic mass is 35.5. The Kier molecular flexibility index (Phi) is 7.92.